The largest absolute Gasteiger partial charge is 0.478 e. The molecule has 1 fully saturated rings. The van der Waals surface area contributed by atoms with E-state index in [1.54, 1.807) is 0 Å². The number of carboxylic acid groups (broad SMARTS) is 1. The van der Waals surface area contributed by atoms with Gasteiger partial charge in [-0.15, -0.1) is 0 Å². The Bertz CT molecular complexity index is 1220. The minimum Gasteiger partial charge on any atom is -0.478 e. The monoisotopic (exact) mass is 566 g/mol. The number of unbranched alkanes of at least 4 members (excludes halogenated alkanes) is 8. The number of anilines is 1. The van der Waals surface area contributed by atoms with Crippen molar-refractivity contribution in [2.45, 2.75) is 95.5 Å². The summed E-state index contributed by atoms with van der Waals surface area (Å²) in [6.45, 7) is 1.30. The molecule has 0 saturated carbocycles. The molecule has 4 N–H and O–H groups in total. The number of nitrogens with zero attached hydrogens (tertiary/aromatic N) is 3. The highest BCUT2D eigenvalue weighted by molar-refractivity contribution is 6.02. The Kier molecular flexibility index (Phi) is 11.2. The molecule has 3 heterocycles. The molecule has 0 aromatic carbocycles. The zero-order chi connectivity index (χ0) is 29.3. The van der Waals surface area contributed by atoms with E-state index in [1.165, 1.54) is 44.2 Å². The van der Waals surface area contributed by atoms with Crippen molar-refractivity contribution in [2.75, 3.05) is 11.9 Å². The molecule has 1 aliphatic heterocycles. The SMILES string of the molecule is CCCCCCCCCCCc1nc(C(=O)Nc2ccn([C@@H]3O[C@H](CO)[C@@H](O)C3(F)F)c(=O)n2)ccc1C(=O)O. The molecule has 3 atom stereocenters. The molecule has 2 aromatic heterocycles. The van der Waals surface area contributed by atoms with Gasteiger partial charge in [-0.1, -0.05) is 58.3 Å². The normalized spacial score (nSPS) is 20.0. The van der Waals surface area contributed by atoms with Gasteiger partial charge in [0, 0.05) is 6.20 Å². The summed E-state index contributed by atoms with van der Waals surface area (Å²) >= 11 is 0. The Balaban J connectivity index is 1.63. The second-order valence-corrected chi connectivity index (χ2v) is 9.86. The highest BCUT2D eigenvalue weighted by atomic mass is 19.3. The number of aromatic carboxylic acids is 1. The molecule has 40 heavy (non-hydrogen) atoms. The quantitative estimate of drug-likeness (QED) is 0.236. The Morgan fingerprint density at radius 3 is 2.27 bits per heavy atom. The smallest absolute Gasteiger partial charge is 0.351 e. The number of rotatable bonds is 15. The lowest BCUT2D eigenvalue weighted by atomic mass is 10.0. The lowest BCUT2D eigenvalue weighted by molar-refractivity contribution is -0.140. The van der Waals surface area contributed by atoms with Crippen LogP contribution in [0.4, 0.5) is 14.6 Å². The Morgan fingerprint density at radius 1 is 1.05 bits per heavy atom. The molecule has 11 nitrogen and oxygen atoms in total. The summed E-state index contributed by atoms with van der Waals surface area (Å²) in [4.78, 5) is 44.7. The average molecular weight is 567 g/mol. The number of carbonyl (C=O) groups is 2. The summed E-state index contributed by atoms with van der Waals surface area (Å²) in [5.41, 5.74) is -1.02. The number of nitrogens with one attached hydrogen (secondary N) is 1. The van der Waals surface area contributed by atoms with E-state index < -0.39 is 48.5 Å². The van der Waals surface area contributed by atoms with Crippen LogP contribution in [0.15, 0.2) is 29.2 Å². The van der Waals surface area contributed by atoms with Gasteiger partial charge in [0.05, 0.1) is 17.9 Å². The van der Waals surface area contributed by atoms with Crippen molar-refractivity contribution < 1.29 is 38.4 Å². The number of hydrogen-bond donors (Lipinski definition) is 4. The first-order valence-corrected chi connectivity index (χ1v) is 13.6. The molecule has 220 valence electrons. The van der Waals surface area contributed by atoms with E-state index in [9.17, 15) is 33.4 Å². The fourth-order valence-electron chi connectivity index (χ4n) is 4.58. The predicted octanol–water partition coefficient (Wildman–Crippen LogP) is 3.55. The van der Waals surface area contributed by atoms with Crippen LogP contribution in [0.1, 0.15) is 97.5 Å². The number of aromatic nitrogens is 3. The molecule has 3 rings (SSSR count). The Morgan fingerprint density at radius 2 is 1.70 bits per heavy atom. The maximum Gasteiger partial charge on any atom is 0.351 e. The van der Waals surface area contributed by atoms with Gasteiger partial charge in [0.1, 0.15) is 17.6 Å². The third-order valence-electron chi connectivity index (χ3n) is 6.84. The van der Waals surface area contributed by atoms with Crippen LogP contribution < -0.4 is 11.0 Å². The molecule has 0 unspecified atom stereocenters. The summed E-state index contributed by atoms with van der Waals surface area (Å²) in [6.07, 6.45) is 5.05. The predicted molar refractivity (Wildman–Crippen MR) is 141 cm³/mol. The van der Waals surface area contributed by atoms with Crippen molar-refractivity contribution in [3.63, 3.8) is 0 Å². The van der Waals surface area contributed by atoms with E-state index >= 15 is 0 Å². The van der Waals surface area contributed by atoms with E-state index in [1.807, 2.05) is 0 Å². The fraction of sp³-hybridized carbons (Fsp3) is 0.593. The number of ether oxygens (including phenoxy) is 1. The molecule has 0 radical (unpaired) electrons. The van der Waals surface area contributed by atoms with Gasteiger partial charge in [-0.3, -0.25) is 9.36 Å². The number of pyridine rings is 1. The lowest BCUT2D eigenvalue weighted by Crippen LogP contribution is -2.41. The highest BCUT2D eigenvalue weighted by Crippen LogP contribution is 2.42. The zero-order valence-corrected chi connectivity index (χ0v) is 22.4. The van der Waals surface area contributed by atoms with Gasteiger partial charge < -0.3 is 25.4 Å². The summed E-state index contributed by atoms with van der Waals surface area (Å²) in [6, 6.07) is 3.62. The average Bonchev–Trinajstić information content (AvgIpc) is 3.15. The van der Waals surface area contributed by atoms with Crippen LogP contribution in [-0.4, -0.2) is 66.5 Å². The van der Waals surface area contributed by atoms with Gasteiger partial charge in [0.15, 0.2) is 6.10 Å². The molecule has 1 saturated heterocycles. The number of amides is 1. The van der Waals surface area contributed by atoms with Crippen LogP contribution in [-0.2, 0) is 11.2 Å². The first kappa shape index (κ1) is 31.2. The van der Waals surface area contributed by atoms with Crippen LogP contribution in [0, 0.1) is 0 Å². The topological polar surface area (TPSA) is 164 Å². The van der Waals surface area contributed by atoms with Crippen molar-refractivity contribution in [1.82, 2.24) is 14.5 Å². The van der Waals surface area contributed by atoms with Crippen LogP contribution in [0.2, 0.25) is 0 Å². The van der Waals surface area contributed by atoms with E-state index in [4.69, 9.17) is 9.84 Å². The molecule has 1 aliphatic rings. The summed E-state index contributed by atoms with van der Waals surface area (Å²) in [5.74, 6) is -6.05. The lowest BCUT2D eigenvalue weighted by Gasteiger charge is -2.21. The number of aryl methyl sites for hydroxylation is 1. The number of aliphatic hydroxyl groups excluding tert-OH is 2. The van der Waals surface area contributed by atoms with E-state index in [-0.39, 0.29) is 22.8 Å². The molecular weight excluding hydrogens is 530 g/mol. The number of alkyl halides is 2. The van der Waals surface area contributed by atoms with Crippen molar-refractivity contribution in [3.05, 3.63) is 51.8 Å². The minimum atomic E-state index is -3.87. The molecule has 0 bridgehead atoms. The highest BCUT2D eigenvalue weighted by Gasteiger charge is 2.59. The first-order chi connectivity index (χ1) is 19.1. The number of hydrogen-bond acceptors (Lipinski definition) is 8. The van der Waals surface area contributed by atoms with E-state index in [0.717, 1.165) is 31.5 Å². The van der Waals surface area contributed by atoms with Gasteiger partial charge in [-0.05, 0) is 31.0 Å². The second kappa shape index (κ2) is 14.4. The molecule has 1 amide bonds. The van der Waals surface area contributed by atoms with Gasteiger partial charge >= 0.3 is 17.6 Å². The summed E-state index contributed by atoms with van der Waals surface area (Å²) < 4.78 is 34.2. The maximum atomic E-state index is 14.4. The minimum absolute atomic E-state index is 0.00213. The zero-order valence-electron chi connectivity index (χ0n) is 22.4. The maximum absolute atomic E-state index is 14.4. The molecule has 0 aliphatic carbocycles. The molecular formula is C27H36F2N4O7. The van der Waals surface area contributed by atoms with Crippen LogP contribution in [0.5, 0.6) is 0 Å². The van der Waals surface area contributed by atoms with Crippen LogP contribution in [0.25, 0.3) is 0 Å². The number of halogens is 2. The Hall–Kier alpha value is -3.29. The number of carboxylic acids is 1. The fourth-order valence-corrected chi connectivity index (χ4v) is 4.58. The van der Waals surface area contributed by atoms with Crippen LogP contribution >= 0.6 is 0 Å². The second-order valence-electron chi connectivity index (χ2n) is 9.86. The summed E-state index contributed by atoms with van der Waals surface area (Å²) in [5, 5.41) is 30.7. The Labute approximate surface area is 230 Å². The van der Waals surface area contributed by atoms with Gasteiger partial charge in [0.2, 0.25) is 6.23 Å². The molecule has 13 heteroatoms. The van der Waals surface area contributed by atoms with E-state index in [2.05, 4.69) is 22.2 Å². The summed E-state index contributed by atoms with van der Waals surface area (Å²) in [7, 11) is 0. The molecule has 2 aromatic rings. The first-order valence-electron chi connectivity index (χ1n) is 13.6. The standard InChI is InChI=1S/C27H36F2N4O7/c1-2-3-4-5-6-7-8-9-10-11-18-17(24(37)38)12-13-19(30-18)23(36)31-21-14-15-33(26(39)32-21)25-27(28,29)22(35)20(16-34)40-25/h12-15,20,22,25,34-35H,2-11,16H2,1H3,(H,37,38)(H,31,32,36,39)/t20-,22-,25-/m1/s1. The molecule has 0 spiro atoms. The third-order valence-corrected chi connectivity index (χ3v) is 6.84. The van der Waals surface area contributed by atoms with Gasteiger partial charge in [0.25, 0.3) is 5.91 Å². The number of carbonyl (C=O) groups excluding carboxylic acids is 1. The van der Waals surface area contributed by atoms with Crippen molar-refractivity contribution >= 4 is 17.7 Å². The number of aliphatic hydroxyl groups is 2. The van der Waals surface area contributed by atoms with Crippen LogP contribution in [0.3, 0.4) is 0 Å². The van der Waals surface area contributed by atoms with Crippen molar-refractivity contribution in [3.8, 4) is 0 Å². The van der Waals surface area contributed by atoms with E-state index in [0.29, 0.717) is 17.4 Å². The van der Waals surface area contributed by atoms with Gasteiger partial charge in [-0.25, -0.2) is 14.6 Å². The third kappa shape index (κ3) is 7.67. The van der Waals surface area contributed by atoms with Crippen molar-refractivity contribution in [2.24, 2.45) is 0 Å². The van der Waals surface area contributed by atoms with Crippen molar-refractivity contribution in [1.29, 1.82) is 0 Å². The van der Waals surface area contributed by atoms with Gasteiger partial charge in [-0.2, -0.15) is 13.8 Å².